The SMILES string of the molecule is CCC1CC1NS(=O)(=O)c1cc(CO)cc(F)c1C. The van der Waals surface area contributed by atoms with Gasteiger partial charge in [-0.25, -0.2) is 17.5 Å². The van der Waals surface area contributed by atoms with Crippen molar-refractivity contribution in [1.29, 1.82) is 0 Å². The molecule has 4 nitrogen and oxygen atoms in total. The second kappa shape index (κ2) is 5.19. The standard InChI is InChI=1S/C13H18FNO3S/c1-3-10-6-12(10)15-19(17,18)13-5-9(7-16)4-11(14)8(13)2/h4-5,10,12,15-16H,3,6-7H2,1-2H3. The minimum Gasteiger partial charge on any atom is -0.392 e. The van der Waals surface area contributed by atoms with Gasteiger partial charge in [0.2, 0.25) is 10.0 Å². The summed E-state index contributed by atoms with van der Waals surface area (Å²) in [5, 5.41) is 9.04. The van der Waals surface area contributed by atoms with Crippen LogP contribution in [-0.4, -0.2) is 19.6 Å². The fraction of sp³-hybridized carbons (Fsp3) is 0.538. The minimum atomic E-state index is -3.73. The zero-order valence-electron chi connectivity index (χ0n) is 11.0. The van der Waals surface area contributed by atoms with E-state index in [1.807, 2.05) is 6.92 Å². The smallest absolute Gasteiger partial charge is 0.241 e. The number of aliphatic hydroxyl groups excluding tert-OH is 1. The second-order valence-electron chi connectivity index (χ2n) is 4.99. The van der Waals surface area contributed by atoms with Crippen LogP contribution in [0.15, 0.2) is 17.0 Å². The van der Waals surface area contributed by atoms with E-state index in [0.717, 1.165) is 18.9 Å². The first-order valence-corrected chi connectivity index (χ1v) is 7.79. The van der Waals surface area contributed by atoms with Crippen molar-refractivity contribution < 1.29 is 17.9 Å². The lowest BCUT2D eigenvalue weighted by Gasteiger charge is -2.11. The molecule has 0 aliphatic heterocycles. The third-order valence-corrected chi connectivity index (χ3v) is 5.20. The molecule has 1 aromatic carbocycles. The maximum atomic E-state index is 13.6. The molecule has 2 rings (SSSR count). The van der Waals surface area contributed by atoms with Crippen molar-refractivity contribution >= 4 is 10.0 Å². The normalized spacial score (nSPS) is 22.5. The number of benzene rings is 1. The lowest BCUT2D eigenvalue weighted by molar-refractivity contribution is 0.281. The van der Waals surface area contributed by atoms with E-state index in [1.165, 1.54) is 13.0 Å². The summed E-state index contributed by atoms with van der Waals surface area (Å²) in [7, 11) is -3.73. The molecule has 0 spiro atoms. The van der Waals surface area contributed by atoms with E-state index in [1.54, 1.807) is 0 Å². The van der Waals surface area contributed by atoms with Crippen molar-refractivity contribution in [2.24, 2.45) is 5.92 Å². The van der Waals surface area contributed by atoms with Gasteiger partial charge in [-0.3, -0.25) is 0 Å². The number of halogens is 1. The molecule has 106 valence electrons. The first kappa shape index (κ1) is 14.4. The number of hydrogen-bond donors (Lipinski definition) is 2. The van der Waals surface area contributed by atoms with Gasteiger partial charge in [0.1, 0.15) is 5.82 Å². The van der Waals surface area contributed by atoms with Gasteiger partial charge in [0.25, 0.3) is 0 Å². The fourth-order valence-corrected chi connectivity index (χ4v) is 3.80. The van der Waals surface area contributed by atoms with Gasteiger partial charge in [-0.15, -0.1) is 0 Å². The Hall–Kier alpha value is -0.980. The van der Waals surface area contributed by atoms with Crippen LogP contribution in [-0.2, 0) is 16.6 Å². The van der Waals surface area contributed by atoms with E-state index < -0.39 is 15.8 Å². The molecule has 0 amide bonds. The second-order valence-corrected chi connectivity index (χ2v) is 6.67. The molecule has 1 fully saturated rings. The number of nitrogens with one attached hydrogen (secondary N) is 1. The summed E-state index contributed by atoms with van der Waals surface area (Å²) in [4.78, 5) is -0.0849. The van der Waals surface area contributed by atoms with Crippen LogP contribution in [0.25, 0.3) is 0 Å². The molecule has 1 aromatic rings. The first-order chi connectivity index (χ1) is 8.89. The summed E-state index contributed by atoms with van der Waals surface area (Å²) in [6.45, 7) is 3.05. The Morgan fingerprint density at radius 1 is 1.47 bits per heavy atom. The molecule has 0 radical (unpaired) electrons. The van der Waals surface area contributed by atoms with Gasteiger partial charge in [0, 0.05) is 11.6 Å². The molecule has 6 heteroatoms. The summed E-state index contributed by atoms with van der Waals surface area (Å²) < 4.78 is 40.7. The molecule has 1 aliphatic carbocycles. The summed E-state index contributed by atoms with van der Waals surface area (Å²) >= 11 is 0. The summed E-state index contributed by atoms with van der Waals surface area (Å²) in [6, 6.07) is 2.43. The highest BCUT2D eigenvalue weighted by molar-refractivity contribution is 7.89. The third-order valence-electron chi connectivity index (χ3n) is 3.58. The van der Waals surface area contributed by atoms with Gasteiger partial charge in [0.15, 0.2) is 0 Å². The highest BCUT2D eigenvalue weighted by Gasteiger charge is 2.39. The highest BCUT2D eigenvalue weighted by Crippen LogP contribution is 2.34. The Bertz CT molecular complexity index is 586. The van der Waals surface area contributed by atoms with Crippen LogP contribution in [0.3, 0.4) is 0 Å². The van der Waals surface area contributed by atoms with Gasteiger partial charge >= 0.3 is 0 Å². The third kappa shape index (κ3) is 2.96. The molecular weight excluding hydrogens is 269 g/mol. The zero-order chi connectivity index (χ0) is 14.2. The largest absolute Gasteiger partial charge is 0.392 e. The molecule has 1 aliphatic rings. The molecule has 1 saturated carbocycles. The van der Waals surface area contributed by atoms with Crippen LogP contribution in [0.1, 0.15) is 30.9 Å². The number of sulfonamides is 1. The number of rotatable bonds is 5. The maximum absolute atomic E-state index is 13.6. The van der Waals surface area contributed by atoms with E-state index in [2.05, 4.69) is 4.72 Å². The van der Waals surface area contributed by atoms with Crippen molar-refractivity contribution in [3.8, 4) is 0 Å². The molecule has 2 atom stereocenters. The van der Waals surface area contributed by atoms with Crippen molar-refractivity contribution in [2.75, 3.05) is 0 Å². The average Bonchev–Trinajstić information content (AvgIpc) is 3.09. The molecule has 0 saturated heterocycles. The van der Waals surface area contributed by atoms with Crippen LogP contribution >= 0.6 is 0 Å². The Balaban J connectivity index is 2.32. The molecule has 19 heavy (non-hydrogen) atoms. The Labute approximate surface area is 112 Å². The summed E-state index contributed by atoms with van der Waals surface area (Å²) in [5.41, 5.74) is 0.338. The van der Waals surface area contributed by atoms with E-state index >= 15 is 0 Å². The predicted octanol–water partition coefficient (Wildman–Crippen LogP) is 1.70. The lowest BCUT2D eigenvalue weighted by atomic mass is 10.1. The average molecular weight is 287 g/mol. The van der Waals surface area contributed by atoms with Gasteiger partial charge in [-0.05, 0) is 37.0 Å². The summed E-state index contributed by atoms with van der Waals surface area (Å²) in [5.74, 6) is -0.240. The van der Waals surface area contributed by atoms with Crippen molar-refractivity contribution in [3.05, 3.63) is 29.1 Å². The van der Waals surface area contributed by atoms with E-state index in [4.69, 9.17) is 5.11 Å². The Morgan fingerprint density at radius 3 is 2.68 bits per heavy atom. The molecule has 0 aromatic heterocycles. The van der Waals surface area contributed by atoms with E-state index in [-0.39, 0.29) is 28.7 Å². The molecule has 0 bridgehead atoms. The number of hydrogen-bond acceptors (Lipinski definition) is 3. The fourth-order valence-electron chi connectivity index (χ4n) is 2.18. The predicted molar refractivity (Wildman–Crippen MR) is 69.6 cm³/mol. The zero-order valence-corrected chi connectivity index (χ0v) is 11.8. The van der Waals surface area contributed by atoms with Crippen molar-refractivity contribution in [2.45, 2.75) is 44.2 Å². The molecule has 0 heterocycles. The minimum absolute atomic E-state index is 0.0461. The van der Waals surface area contributed by atoms with E-state index in [9.17, 15) is 12.8 Å². The molecular formula is C13H18FNO3S. The maximum Gasteiger partial charge on any atom is 0.241 e. The van der Waals surface area contributed by atoms with Crippen LogP contribution < -0.4 is 4.72 Å². The summed E-state index contributed by atoms with van der Waals surface area (Å²) in [6.07, 6.45) is 1.76. The van der Waals surface area contributed by atoms with Crippen molar-refractivity contribution in [3.63, 3.8) is 0 Å². The number of aliphatic hydroxyl groups is 1. The quantitative estimate of drug-likeness (QED) is 0.866. The van der Waals surface area contributed by atoms with Crippen LogP contribution in [0.4, 0.5) is 4.39 Å². The van der Waals surface area contributed by atoms with Gasteiger partial charge in [-0.1, -0.05) is 13.3 Å². The van der Waals surface area contributed by atoms with Crippen LogP contribution in [0.2, 0.25) is 0 Å². The topological polar surface area (TPSA) is 66.4 Å². The van der Waals surface area contributed by atoms with Crippen LogP contribution in [0, 0.1) is 18.7 Å². The van der Waals surface area contributed by atoms with Crippen molar-refractivity contribution in [1.82, 2.24) is 4.72 Å². The lowest BCUT2D eigenvalue weighted by Crippen LogP contribution is -2.28. The van der Waals surface area contributed by atoms with Gasteiger partial charge < -0.3 is 5.11 Å². The first-order valence-electron chi connectivity index (χ1n) is 6.31. The monoisotopic (exact) mass is 287 g/mol. The molecule has 2 unspecified atom stereocenters. The van der Waals surface area contributed by atoms with Crippen LogP contribution in [0.5, 0.6) is 0 Å². The Kier molecular flexibility index (Phi) is 3.94. The molecule has 2 N–H and O–H groups in total. The highest BCUT2D eigenvalue weighted by atomic mass is 32.2. The Morgan fingerprint density at radius 2 is 2.16 bits per heavy atom. The van der Waals surface area contributed by atoms with E-state index in [0.29, 0.717) is 5.92 Å². The van der Waals surface area contributed by atoms with Gasteiger partial charge in [0.05, 0.1) is 11.5 Å². The van der Waals surface area contributed by atoms with Gasteiger partial charge in [-0.2, -0.15) is 0 Å².